The summed E-state index contributed by atoms with van der Waals surface area (Å²) in [6, 6.07) is 1.45. The molecule has 2 atom stereocenters. The van der Waals surface area contributed by atoms with Crippen LogP contribution in [0.3, 0.4) is 0 Å². The summed E-state index contributed by atoms with van der Waals surface area (Å²) in [6.07, 6.45) is 5.76. The van der Waals surface area contributed by atoms with Crippen LogP contribution in [0.5, 0.6) is 0 Å². The lowest BCUT2D eigenvalue weighted by atomic mass is 10.1. The number of hydrogen-bond acceptors (Lipinski definition) is 6. The van der Waals surface area contributed by atoms with Crippen molar-refractivity contribution in [3.63, 3.8) is 0 Å². The van der Waals surface area contributed by atoms with E-state index in [0.29, 0.717) is 19.3 Å². The maximum absolute atomic E-state index is 5.57. The lowest BCUT2D eigenvalue weighted by molar-refractivity contribution is -0.0414. The van der Waals surface area contributed by atoms with Gasteiger partial charge in [0.1, 0.15) is 5.01 Å². The van der Waals surface area contributed by atoms with Crippen molar-refractivity contribution in [1.29, 1.82) is 0 Å². The van der Waals surface area contributed by atoms with E-state index in [9.17, 15) is 0 Å². The molecule has 3 aliphatic rings. The number of likely N-dealkylation sites (N-methyl/N-ethyl adjacent to an activating group) is 1. The molecule has 0 saturated carbocycles. The van der Waals surface area contributed by atoms with Gasteiger partial charge in [0.25, 0.3) is 0 Å². The second-order valence-corrected chi connectivity index (χ2v) is 7.62. The highest BCUT2D eigenvalue weighted by Crippen LogP contribution is 2.34. The first-order chi connectivity index (χ1) is 10.8. The number of ether oxygens (including phenoxy) is 2. The Morgan fingerprint density at radius 3 is 2.86 bits per heavy atom. The number of rotatable bonds is 4. The van der Waals surface area contributed by atoms with E-state index >= 15 is 0 Å². The van der Waals surface area contributed by atoms with Gasteiger partial charge in [-0.15, -0.1) is 11.3 Å². The monoisotopic (exact) mass is 323 g/mol. The Kier molecular flexibility index (Phi) is 4.46. The quantitative estimate of drug-likeness (QED) is 0.849. The van der Waals surface area contributed by atoms with Gasteiger partial charge in [-0.3, -0.25) is 4.90 Å². The van der Waals surface area contributed by atoms with Gasteiger partial charge in [-0.1, -0.05) is 6.92 Å². The standard InChI is InChI=1S/C16H25N3O2S/c1-2-18-6-5-12-3-4-13(10-18)19(12)11-15-17-9-14(22-15)16-20-7-8-21-16/h9,12-13,16H,2-8,10-11H2,1H3. The van der Waals surface area contributed by atoms with Gasteiger partial charge in [0.05, 0.1) is 24.6 Å². The lowest BCUT2D eigenvalue weighted by Gasteiger charge is -2.27. The van der Waals surface area contributed by atoms with Crippen molar-refractivity contribution >= 4 is 11.3 Å². The highest BCUT2D eigenvalue weighted by atomic mass is 32.1. The molecule has 6 heteroatoms. The van der Waals surface area contributed by atoms with Crippen molar-refractivity contribution in [2.45, 2.75) is 51.1 Å². The third-order valence-corrected chi connectivity index (χ3v) is 6.21. The summed E-state index contributed by atoms with van der Waals surface area (Å²) in [7, 11) is 0. The van der Waals surface area contributed by atoms with Gasteiger partial charge in [0.2, 0.25) is 0 Å². The second-order valence-electron chi connectivity index (χ2n) is 6.47. The number of likely N-dealkylation sites (tertiary alicyclic amines) is 1. The number of nitrogens with zero attached hydrogens (tertiary/aromatic N) is 3. The predicted molar refractivity (Wildman–Crippen MR) is 85.8 cm³/mol. The summed E-state index contributed by atoms with van der Waals surface area (Å²) in [4.78, 5) is 11.0. The van der Waals surface area contributed by atoms with Crippen molar-refractivity contribution in [3.05, 3.63) is 16.1 Å². The highest BCUT2D eigenvalue weighted by Gasteiger charge is 2.37. The largest absolute Gasteiger partial charge is 0.345 e. The van der Waals surface area contributed by atoms with Crippen molar-refractivity contribution in [2.75, 3.05) is 32.8 Å². The van der Waals surface area contributed by atoms with Crippen LogP contribution < -0.4 is 0 Å². The lowest BCUT2D eigenvalue weighted by Crippen LogP contribution is -2.38. The molecule has 5 nitrogen and oxygen atoms in total. The van der Waals surface area contributed by atoms with E-state index in [1.54, 1.807) is 11.3 Å². The fourth-order valence-electron chi connectivity index (χ4n) is 3.97. The molecule has 122 valence electrons. The van der Waals surface area contributed by atoms with Crippen LogP contribution in [0.2, 0.25) is 0 Å². The van der Waals surface area contributed by atoms with Crippen LogP contribution in [-0.4, -0.2) is 59.7 Å². The molecule has 0 aromatic carbocycles. The summed E-state index contributed by atoms with van der Waals surface area (Å²) in [5.41, 5.74) is 0. The van der Waals surface area contributed by atoms with Gasteiger partial charge in [0.15, 0.2) is 6.29 Å². The van der Waals surface area contributed by atoms with Crippen molar-refractivity contribution in [2.24, 2.45) is 0 Å². The maximum atomic E-state index is 5.57. The normalized spacial score (nSPS) is 31.0. The molecule has 2 bridgehead atoms. The fraction of sp³-hybridized carbons (Fsp3) is 0.812. The average molecular weight is 323 g/mol. The third kappa shape index (κ3) is 2.95. The molecule has 0 N–H and O–H groups in total. The number of fused-ring (bicyclic) bond motifs is 2. The summed E-state index contributed by atoms with van der Waals surface area (Å²) >= 11 is 1.75. The molecule has 0 radical (unpaired) electrons. The van der Waals surface area contributed by atoms with Crippen LogP contribution in [0.1, 0.15) is 42.4 Å². The van der Waals surface area contributed by atoms with Crippen LogP contribution in [0.25, 0.3) is 0 Å². The van der Waals surface area contributed by atoms with Gasteiger partial charge in [-0.2, -0.15) is 0 Å². The zero-order valence-electron chi connectivity index (χ0n) is 13.2. The molecule has 0 aliphatic carbocycles. The Bertz CT molecular complexity index is 503. The predicted octanol–water partition coefficient (Wildman–Crippen LogP) is 2.25. The van der Waals surface area contributed by atoms with Gasteiger partial charge in [-0.05, 0) is 32.4 Å². The molecule has 3 saturated heterocycles. The number of thiazole rings is 1. The van der Waals surface area contributed by atoms with E-state index in [0.717, 1.165) is 17.5 Å². The molecule has 4 heterocycles. The van der Waals surface area contributed by atoms with E-state index in [4.69, 9.17) is 9.47 Å². The molecule has 1 aromatic rings. The maximum Gasteiger partial charge on any atom is 0.194 e. The summed E-state index contributed by atoms with van der Waals surface area (Å²) in [5.74, 6) is 0. The molecule has 2 unspecified atom stereocenters. The van der Waals surface area contributed by atoms with Crippen LogP contribution in [0.4, 0.5) is 0 Å². The third-order valence-electron chi connectivity index (χ3n) is 5.21. The summed E-state index contributed by atoms with van der Waals surface area (Å²) < 4.78 is 11.1. The Labute approximate surface area is 136 Å². The average Bonchev–Trinajstić information content (AvgIpc) is 3.21. The SMILES string of the molecule is CCN1CCC2CCC(C1)N2Cc1ncc(C2OCCO2)s1. The first-order valence-electron chi connectivity index (χ1n) is 8.49. The minimum absolute atomic E-state index is 0.178. The van der Waals surface area contributed by atoms with Crippen molar-refractivity contribution in [1.82, 2.24) is 14.8 Å². The van der Waals surface area contributed by atoms with Gasteiger partial charge in [0, 0.05) is 24.8 Å². The van der Waals surface area contributed by atoms with E-state index in [2.05, 4.69) is 21.7 Å². The topological polar surface area (TPSA) is 37.8 Å². The minimum Gasteiger partial charge on any atom is -0.345 e. The molecule has 3 fully saturated rings. The highest BCUT2D eigenvalue weighted by molar-refractivity contribution is 7.11. The van der Waals surface area contributed by atoms with Gasteiger partial charge in [-0.25, -0.2) is 4.98 Å². The molecule has 4 rings (SSSR count). The molecular weight excluding hydrogens is 298 g/mol. The molecule has 3 aliphatic heterocycles. The van der Waals surface area contributed by atoms with Crippen LogP contribution in [-0.2, 0) is 16.0 Å². The minimum atomic E-state index is -0.178. The number of hydrogen-bond donors (Lipinski definition) is 0. The second kappa shape index (κ2) is 6.53. The zero-order valence-corrected chi connectivity index (χ0v) is 14.1. The molecular formula is C16H25N3O2S. The van der Waals surface area contributed by atoms with Crippen molar-refractivity contribution < 1.29 is 9.47 Å². The first-order valence-corrected chi connectivity index (χ1v) is 9.31. The zero-order chi connectivity index (χ0) is 14.9. The Morgan fingerprint density at radius 1 is 1.23 bits per heavy atom. The summed E-state index contributed by atoms with van der Waals surface area (Å²) in [5, 5.41) is 1.20. The van der Waals surface area contributed by atoms with E-state index in [-0.39, 0.29) is 6.29 Å². The Hall–Kier alpha value is -0.530. The molecule has 22 heavy (non-hydrogen) atoms. The van der Waals surface area contributed by atoms with E-state index in [1.165, 1.54) is 43.9 Å². The smallest absolute Gasteiger partial charge is 0.194 e. The van der Waals surface area contributed by atoms with E-state index in [1.807, 2.05) is 6.20 Å². The van der Waals surface area contributed by atoms with Crippen LogP contribution in [0.15, 0.2) is 6.20 Å². The van der Waals surface area contributed by atoms with Crippen LogP contribution >= 0.6 is 11.3 Å². The van der Waals surface area contributed by atoms with Gasteiger partial charge >= 0.3 is 0 Å². The Balaban J connectivity index is 1.44. The fourth-order valence-corrected chi connectivity index (χ4v) is 4.90. The molecule has 1 aromatic heterocycles. The summed E-state index contributed by atoms with van der Waals surface area (Å²) in [6.45, 7) is 8.31. The van der Waals surface area contributed by atoms with E-state index < -0.39 is 0 Å². The molecule has 0 spiro atoms. The molecule has 0 amide bonds. The van der Waals surface area contributed by atoms with Crippen molar-refractivity contribution in [3.8, 4) is 0 Å². The number of aromatic nitrogens is 1. The van der Waals surface area contributed by atoms with Gasteiger partial charge < -0.3 is 14.4 Å². The van der Waals surface area contributed by atoms with Crippen LogP contribution in [0, 0.1) is 0 Å². The Morgan fingerprint density at radius 2 is 2.05 bits per heavy atom. The first kappa shape index (κ1) is 15.0.